The first-order chi connectivity index (χ1) is 12.5. The summed E-state index contributed by atoms with van der Waals surface area (Å²) >= 11 is 0. The Labute approximate surface area is 147 Å². The number of anilines is 1. The SMILES string of the molecule is Cc1nnc2nc(NC(C)c3cccc(C(F)F)c3F)c3c(n12)CNC3. The van der Waals surface area contributed by atoms with E-state index in [1.165, 1.54) is 12.1 Å². The minimum atomic E-state index is -2.86. The van der Waals surface area contributed by atoms with Crippen LogP contribution in [-0.4, -0.2) is 19.6 Å². The summed E-state index contributed by atoms with van der Waals surface area (Å²) in [6.45, 7) is 4.81. The van der Waals surface area contributed by atoms with Crippen LogP contribution in [-0.2, 0) is 13.1 Å². The molecule has 0 amide bonds. The summed E-state index contributed by atoms with van der Waals surface area (Å²) in [5.74, 6) is 0.847. The van der Waals surface area contributed by atoms with Crippen molar-refractivity contribution in [3.05, 3.63) is 52.2 Å². The minimum absolute atomic E-state index is 0.168. The minimum Gasteiger partial charge on any atom is -0.363 e. The molecule has 1 aliphatic rings. The van der Waals surface area contributed by atoms with Gasteiger partial charge in [0.25, 0.3) is 12.2 Å². The van der Waals surface area contributed by atoms with E-state index in [0.29, 0.717) is 24.7 Å². The van der Waals surface area contributed by atoms with E-state index in [0.717, 1.165) is 23.1 Å². The van der Waals surface area contributed by atoms with Crippen molar-refractivity contribution in [1.82, 2.24) is 24.9 Å². The molecule has 0 radical (unpaired) electrons. The van der Waals surface area contributed by atoms with Crippen LogP contribution in [0.5, 0.6) is 0 Å². The molecule has 26 heavy (non-hydrogen) atoms. The second-order valence-electron chi connectivity index (χ2n) is 6.29. The Kier molecular flexibility index (Phi) is 4.03. The lowest BCUT2D eigenvalue weighted by Gasteiger charge is -2.19. The maximum Gasteiger partial charge on any atom is 0.266 e. The van der Waals surface area contributed by atoms with Crippen LogP contribution < -0.4 is 10.6 Å². The lowest BCUT2D eigenvalue weighted by atomic mass is 10.0. The molecule has 1 aromatic carbocycles. The van der Waals surface area contributed by atoms with E-state index >= 15 is 0 Å². The van der Waals surface area contributed by atoms with Crippen molar-refractivity contribution in [2.24, 2.45) is 0 Å². The Morgan fingerprint density at radius 1 is 1.19 bits per heavy atom. The normalized spacial score (nSPS) is 14.8. The average Bonchev–Trinajstić information content (AvgIpc) is 3.21. The first kappa shape index (κ1) is 16.8. The van der Waals surface area contributed by atoms with Gasteiger partial charge in [0.1, 0.15) is 17.5 Å². The summed E-state index contributed by atoms with van der Waals surface area (Å²) < 4.78 is 42.2. The third-order valence-electron chi connectivity index (χ3n) is 4.63. The molecule has 0 saturated heterocycles. The molecule has 1 aliphatic heterocycles. The molecule has 6 nitrogen and oxygen atoms in total. The molecule has 0 saturated carbocycles. The molecule has 0 bridgehead atoms. The van der Waals surface area contributed by atoms with Crippen LogP contribution in [0.3, 0.4) is 0 Å². The second-order valence-corrected chi connectivity index (χ2v) is 6.29. The van der Waals surface area contributed by atoms with E-state index < -0.39 is 23.8 Å². The molecule has 0 aliphatic carbocycles. The Hall–Kier alpha value is -2.68. The fraction of sp³-hybridized carbons (Fsp3) is 0.353. The van der Waals surface area contributed by atoms with Crippen LogP contribution in [0.2, 0.25) is 0 Å². The van der Waals surface area contributed by atoms with Gasteiger partial charge in [-0.15, -0.1) is 10.2 Å². The van der Waals surface area contributed by atoms with Crippen LogP contribution in [0.25, 0.3) is 5.78 Å². The Morgan fingerprint density at radius 2 is 1.96 bits per heavy atom. The number of rotatable bonds is 4. The van der Waals surface area contributed by atoms with Gasteiger partial charge in [-0.05, 0) is 13.8 Å². The molecule has 1 unspecified atom stereocenters. The maximum absolute atomic E-state index is 14.4. The summed E-state index contributed by atoms with van der Waals surface area (Å²) in [7, 11) is 0. The average molecular weight is 362 g/mol. The van der Waals surface area contributed by atoms with Crippen LogP contribution in [0.4, 0.5) is 19.0 Å². The number of aromatic nitrogens is 4. The third-order valence-corrected chi connectivity index (χ3v) is 4.63. The number of aryl methyl sites for hydroxylation is 1. The van der Waals surface area contributed by atoms with Crippen molar-refractivity contribution >= 4 is 11.6 Å². The van der Waals surface area contributed by atoms with Gasteiger partial charge >= 0.3 is 0 Å². The molecule has 2 N–H and O–H groups in total. The van der Waals surface area contributed by atoms with Gasteiger partial charge in [0.05, 0.1) is 11.6 Å². The summed E-state index contributed by atoms with van der Waals surface area (Å²) in [4.78, 5) is 4.49. The van der Waals surface area contributed by atoms with Crippen molar-refractivity contribution in [3.63, 3.8) is 0 Å². The number of halogens is 3. The van der Waals surface area contributed by atoms with Crippen LogP contribution in [0.1, 0.15) is 47.6 Å². The highest BCUT2D eigenvalue weighted by atomic mass is 19.3. The second kappa shape index (κ2) is 6.24. The molecule has 9 heteroatoms. The topological polar surface area (TPSA) is 67.1 Å². The smallest absolute Gasteiger partial charge is 0.266 e. The van der Waals surface area contributed by atoms with E-state index in [-0.39, 0.29) is 5.56 Å². The van der Waals surface area contributed by atoms with Crippen molar-refractivity contribution in [1.29, 1.82) is 0 Å². The number of nitrogens with one attached hydrogen (secondary N) is 2. The van der Waals surface area contributed by atoms with E-state index in [4.69, 9.17) is 0 Å². The summed E-state index contributed by atoms with van der Waals surface area (Å²) in [5, 5.41) is 14.5. The van der Waals surface area contributed by atoms with Crippen LogP contribution in [0, 0.1) is 12.7 Å². The quantitative estimate of drug-likeness (QED) is 0.746. The first-order valence-corrected chi connectivity index (χ1v) is 8.24. The van der Waals surface area contributed by atoms with Crippen molar-refractivity contribution in [3.8, 4) is 0 Å². The monoisotopic (exact) mass is 362 g/mol. The van der Waals surface area contributed by atoms with Gasteiger partial charge in [-0.3, -0.25) is 4.40 Å². The molecule has 3 heterocycles. The van der Waals surface area contributed by atoms with Gasteiger partial charge in [-0.25, -0.2) is 13.2 Å². The maximum atomic E-state index is 14.4. The van der Waals surface area contributed by atoms with Crippen molar-refractivity contribution < 1.29 is 13.2 Å². The third kappa shape index (κ3) is 2.59. The van der Waals surface area contributed by atoms with Crippen molar-refractivity contribution in [2.75, 3.05) is 5.32 Å². The largest absolute Gasteiger partial charge is 0.363 e. The standard InChI is InChI=1S/C17H17F3N6/c1-8(10-4-3-5-11(14(10)18)15(19)20)22-16-12-6-21-7-13(12)26-9(2)24-25-17(26)23-16/h3-5,8,15,21H,6-7H2,1-2H3,(H,22,23,25). The zero-order valence-corrected chi connectivity index (χ0v) is 14.2. The van der Waals surface area contributed by atoms with Crippen LogP contribution >= 0.6 is 0 Å². The van der Waals surface area contributed by atoms with Gasteiger partial charge < -0.3 is 10.6 Å². The molecule has 0 fully saturated rings. The molecule has 3 aromatic rings. The highest BCUT2D eigenvalue weighted by molar-refractivity contribution is 5.55. The molecule has 136 valence electrons. The highest BCUT2D eigenvalue weighted by Crippen LogP contribution is 2.31. The molecular formula is C17H17F3N6. The van der Waals surface area contributed by atoms with Gasteiger partial charge in [0, 0.05) is 29.9 Å². The number of hydrogen-bond donors (Lipinski definition) is 2. The van der Waals surface area contributed by atoms with E-state index in [2.05, 4.69) is 25.8 Å². The highest BCUT2D eigenvalue weighted by Gasteiger charge is 2.24. The Morgan fingerprint density at radius 3 is 2.73 bits per heavy atom. The Bertz CT molecular complexity index is 984. The molecule has 1 atom stereocenters. The van der Waals surface area contributed by atoms with E-state index in [1.807, 2.05) is 11.3 Å². The Balaban J connectivity index is 1.73. The number of benzene rings is 1. The molecule has 0 spiro atoms. The zero-order valence-electron chi connectivity index (χ0n) is 14.2. The first-order valence-electron chi connectivity index (χ1n) is 8.24. The van der Waals surface area contributed by atoms with E-state index in [9.17, 15) is 13.2 Å². The number of nitrogens with zero attached hydrogens (tertiary/aromatic N) is 4. The van der Waals surface area contributed by atoms with E-state index in [1.54, 1.807) is 6.92 Å². The zero-order chi connectivity index (χ0) is 18.4. The summed E-state index contributed by atoms with van der Waals surface area (Å²) in [6.07, 6.45) is -2.86. The molecule has 4 rings (SSSR count). The van der Waals surface area contributed by atoms with Crippen molar-refractivity contribution in [2.45, 2.75) is 39.4 Å². The molecular weight excluding hydrogens is 345 g/mol. The predicted molar refractivity (Wildman–Crippen MR) is 89.5 cm³/mol. The van der Waals surface area contributed by atoms with Crippen LogP contribution in [0.15, 0.2) is 18.2 Å². The lowest BCUT2D eigenvalue weighted by molar-refractivity contribution is 0.146. The lowest BCUT2D eigenvalue weighted by Crippen LogP contribution is -2.14. The van der Waals surface area contributed by atoms with Gasteiger partial charge in [0.15, 0.2) is 0 Å². The summed E-state index contributed by atoms with van der Waals surface area (Å²) in [5.41, 5.74) is 1.51. The number of alkyl halides is 2. The predicted octanol–water partition coefficient (Wildman–Crippen LogP) is 3.29. The number of hydrogen-bond acceptors (Lipinski definition) is 5. The van der Waals surface area contributed by atoms with Gasteiger partial charge in [-0.2, -0.15) is 4.98 Å². The molecule has 2 aromatic heterocycles. The van der Waals surface area contributed by atoms with Gasteiger partial charge in [-0.1, -0.05) is 18.2 Å². The number of fused-ring (bicyclic) bond motifs is 3. The fourth-order valence-corrected chi connectivity index (χ4v) is 3.33. The summed E-state index contributed by atoms with van der Waals surface area (Å²) in [6, 6.07) is 3.48. The fourth-order valence-electron chi connectivity index (χ4n) is 3.33. The van der Waals surface area contributed by atoms with Gasteiger partial charge in [0.2, 0.25) is 0 Å².